The van der Waals surface area contributed by atoms with Crippen molar-refractivity contribution in [3.63, 3.8) is 0 Å². The minimum absolute atomic E-state index is 0.826. The van der Waals surface area contributed by atoms with E-state index in [9.17, 15) is 0 Å². The summed E-state index contributed by atoms with van der Waals surface area (Å²) in [5.74, 6) is 0. The lowest BCUT2D eigenvalue weighted by molar-refractivity contribution is 0.766. The molecule has 0 atom stereocenters. The number of nitrogen functional groups attached to an aromatic ring is 1. The largest absolute Gasteiger partial charge is 0.399 e. The lowest BCUT2D eigenvalue weighted by atomic mass is 9.99. The van der Waals surface area contributed by atoms with Crippen molar-refractivity contribution < 1.29 is 0 Å². The van der Waals surface area contributed by atoms with E-state index in [2.05, 4.69) is 42.2 Å². The SMILES string of the molecule is Cc1ccc2c(c1)CCCN2c1cccc(N)c1. The summed E-state index contributed by atoms with van der Waals surface area (Å²) in [7, 11) is 0. The van der Waals surface area contributed by atoms with Crippen molar-refractivity contribution in [3.05, 3.63) is 53.6 Å². The third-order valence-electron chi connectivity index (χ3n) is 3.54. The van der Waals surface area contributed by atoms with Crippen LogP contribution in [0.1, 0.15) is 17.5 Å². The van der Waals surface area contributed by atoms with Crippen LogP contribution in [0.5, 0.6) is 0 Å². The average molecular weight is 238 g/mol. The molecule has 1 aliphatic heterocycles. The zero-order valence-electron chi connectivity index (χ0n) is 10.7. The van der Waals surface area contributed by atoms with Crippen LogP contribution in [-0.4, -0.2) is 6.54 Å². The molecule has 1 aliphatic rings. The fourth-order valence-corrected chi connectivity index (χ4v) is 2.69. The average Bonchev–Trinajstić information content (AvgIpc) is 2.37. The van der Waals surface area contributed by atoms with Gasteiger partial charge in [0.1, 0.15) is 0 Å². The Kier molecular flexibility index (Phi) is 2.71. The van der Waals surface area contributed by atoms with Gasteiger partial charge in [0.15, 0.2) is 0 Å². The van der Waals surface area contributed by atoms with E-state index in [4.69, 9.17) is 5.73 Å². The van der Waals surface area contributed by atoms with Crippen molar-refractivity contribution >= 4 is 17.1 Å². The zero-order valence-corrected chi connectivity index (χ0v) is 10.7. The minimum atomic E-state index is 0.826. The first-order chi connectivity index (χ1) is 8.74. The van der Waals surface area contributed by atoms with E-state index in [1.165, 1.54) is 35.3 Å². The van der Waals surface area contributed by atoms with Gasteiger partial charge in [-0.05, 0) is 49.6 Å². The van der Waals surface area contributed by atoms with Gasteiger partial charge < -0.3 is 10.6 Å². The predicted molar refractivity (Wildman–Crippen MR) is 77.4 cm³/mol. The van der Waals surface area contributed by atoms with E-state index >= 15 is 0 Å². The fraction of sp³-hybridized carbons (Fsp3) is 0.250. The number of anilines is 3. The number of fused-ring (bicyclic) bond motifs is 1. The molecule has 0 spiro atoms. The van der Waals surface area contributed by atoms with Crippen molar-refractivity contribution in [3.8, 4) is 0 Å². The van der Waals surface area contributed by atoms with Crippen molar-refractivity contribution in [2.75, 3.05) is 17.2 Å². The van der Waals surface area contributed by atoms with E-state index in [0.29, 0.717) is 0 Å². The van der Waals surface area contributed by atoms with Gasteiger partial charge >= 0.3 is 0 Å². The van der Waals surface area contributed by atoms with Crippen molar-refractivity contribution in [1.29, 1.82) is 0 Å². The highest BCUT2D eigenvalue weighted by Gasteiger charge is 2.18. The Balaban J connectivity index is 2.06. The summed E-state index contributed by atoms with van der Waals surface area (Å²) in [6.45, 7) is 3.22. The summed E-state index contributed by atoms with van der Waals surface area (Å²) in [5.41, 5.74) is 12.0. The molecular formula is C16H18N2. The smallest absolute Gasteiger partial charge is 0.0443 e. The maximum Gasteiger partial charge on any atom is 0.0443 e. The molecule has 0 bridgehead atoms. The van der Waals surface area contributed by atoms with Gasteiger partial charge in [0.2, 0.25) is 0 Å². The standard InChI is InChI=1S/C16H18N2/c1-12-7-8-16-13(10-12)4-3-9-18(16)15-6-2-5-14(17)11-15/h2,5-8,10-11H,3-4,9,17H2,1H3. The molecule has 2 heteroatoms. The van der Waals surface area contributed by atoms with E-state index in [-0.39, 0.29) is 0 Å². The quantitative estimate of drug-likeness (QED) is 0.768. The first-order valence-electron chi connectivity index (χ1n) is 6.47. The Labute approximate surface area is 108 Å². The molecule has 0 amide bonds. The van der Waals surface area contributed by atoms with Crippen LogP contribution in [0.3, 0.4) is 0 Å². The molecule has 0 aromatic heterocycles. The third-order valence-corrected chi connectivity index (χ3v) is 3.54. The number of nitrogens with two attached hydrogens (primary N) is 1. The summed E-state index contributed by atoms with van der Waals surface area (Å²) in [5, 5.41) is 0. The minimum Gasteiger partial charge on any atom is -0.399 e. The van der Waals surface area contributed by atoms with E-state index in [0.717, 1.165) is 12.2 Å². The van der Waals surface area contributed by atoms with Crippen LogP contribution < -0.4 is 10.6 Å². The number of aryl methyl sites for hydroxylation is 2. The van der Waals surface area contributed by atoms with Crippen LogP contribution in [-0.2, 0) is 6.42 Å². The molecule has 2 N–H and O–H groups in total. The number of rotatable bonds is 1. The lowest BCUT2D eigenvalue weighted by Crippen LogP contribution is -2.24. The Morgan fingerprint density at radius 3 is 2.83 bits per heavy atom. The summed E-state index contributed by atoms with van der Waals surface area (Å²) in [6, 6.07) is 14.8. The molecular weight excluding hydrogens is 220 g/mol. The Bertz CT molecular complexity index is 575. The second-order valence-electron chi connectivity index (χ2n) is 4.98. The van der Waals surface area contributed by atoms with Gasteiger partial charge in [-0.15, -0.1) is 0 Å². The van der Waals surface area contributed by atoms with E-state index in [1.807, 2.05) is 12.1 Å². The van der Waals surface area contributed by atoms with Crippen molar-refractivity contribution in [1.82, 2.24) is 0 Å². The monoisotopic (exact) mass is 238 g/mol. The molecule has 0 unspecified atom stereocenters. The van der Waals surface area contributed by atoms with Crippen LogP contribution in [0.4, 0.5) is 17.1 Å². The molecule has 18 heavy (non-hydrogen) atoms. The number of hydrogen-bond donors (Lipinski definition) is 1. The summed E-state index contributed by atoms with van der Waals surface area (Å²) in [6.07, 6.45) is 2.38. The second kappa shape index (κ2) is 4.37. The van der Waals surface area contributed by atoms with Gasteiger partial charge in [0.05, 0.1) is 0 Å². The molecule has 3 rings (SSSR count). The van der Waals surface area contributed by atoms with Crippen LogP contribution >= 0.6 is 0 Å². The molecule has 0 radical (unpaired) electrons. The maximum atomic E-state index is 5.88. The van der Waals surface area contributed by atoms with Crippen LogP contribution in [0, 0.1) is 6.92 Å². The number of nitrogens with zero attached hydrogens (tertiary/aromatic N) is 1. The molecule has 0 aliphatic carbocycles. The molecule has 2 aromatic carbocycles. The van der Waals surface area contributed by atoms with Crippen LogP contribution in [0.15, 0.2) is 42.5 Å². The fourth-order valence-electron chi connectivity index (χ4n) is 2.69. The molecule has 0 fully saturated rings. The number of hydrogen-bond acceptors (Lipinski definition) is 2. The zero-order chi connectivity index (χ0) is 12.5. The highest BCUT2D eigenvalue weighted by atomic mass is 15.1. The lowest BCUT2D eigenvalue weighted by Gasteiger charge is -2.31. The molecule has 2 aromatic rings. The van der Waals surface area contributed by atoms with Crippen LogP contribution in [0.25, 0.3) is 0 Å². The van der Waals surface area contributed by atoms with Gasteiger partial charge in [-0.2, -0.15) is 0 Å². The van der Waals surface area contributed by atoms with Crippen molar-refractivity contribution in [2.24, 2.45) is 0 Å². The number of benzene rings is 2. The predicted octanol–water partition coefficient (Wildman–Crippen LogP) is 3.66. The highest BCUT2D eigenvalue weighted by molar-refractivity contribution is 5.70. The second-order valence-corrected chi connectivity index (χ2v) is 4.98. The van der Waals surface area contributed by atoms with E-state index in [1.54, 1.807) is 0 Å². The summed E-state index contributed by atoms with van der Waals surface area (Å²) < 4.78 is 0. The molecule has 0 saturated carbocycles. The summed E-state index contributed by atoms with van der Waals surface area (Å²) in [4.78, 5) is 2.37. The van der Waals surface area contributed by atoms with Crippen molar-refractivity contribution in [2.45, 2.75) is 19.8 Å². The third kappa shape index (κ3) is 1.94. The summed E-state index contributed by atoms with van der Waals surface area (Å²) >= 11 is 0. The molecule has 1 heterocycles. The first kappa shape index (κ1) is 11.1. The van der Waals surface area contributed by atoms with E-state index < -0.39 is 0 Å². The van der Waals surface area contributed by atoms with Gasteiger partial charge in [-0.25, -0.2) is 0 Å². The normalized spacial score (nSPS) is 14.4. The molecule has 0 saturated heterocycles. The van der Waals surface area contributed by atoms with Gasteiger partial charge in [0.25, 0.3) is 0 Å². The Morgan fingerprint density at radius 1 is 1.11 bits per heavy atom. The molecule has 2 nitrogen and oxygen atoms in total. The Hall–Kier alpha value is -1.96. The molecule has 92 valence electrons. The topological polar surface area (TPSA) is 29.3 Å². The van der Waals surface area contributed by atoms with Gasteiger partial charge in [-0.1, -0.05) is 23.8 Å². The van der Waals surface area contributed by atoms with Gasteiger partial charge in [0, 0.05) is 23.6 Å². The Morgan fingerprint density at radius 2 is 2.00 bits per heavy atom. The van der Waals surface area contributed by atoms with Crippen LogP contribution in [0.2, 0.25) is 0 Å². The maximum absolute atomic E-state index is 5.88. The van der Waals surface area contributed by atoms with Gasteiger partial charge in [-0.3, -0.25) is 0 Å². The highest BCUT2D eigenvalue weighted by Crippen LogP contribution is 2.34. The first-order valence-corrected chi connectivity index (χ1v) is 6.47.